The van der Waals surface area contributed by atoms with Crippen molar-refractivity contribution in [3.05, 3.63) is 57.8 Å². The van der Waals surface area contributed by atoms with Crippen LogP contribution in [0, 0.1) is 17.8 Å². The number of pyridine rings is 1. The number of carbonyl (C=O) groups is 1. The number of amides is 1. The van der Waals surface area contributed by atoms with E-state index in [4.69, 9.17) is 23.2 Å². The van der Waals surface area contributed by atoms with Gasteiger partial charge in [-0.3, -0.25) is 9.78 Å². The number of halogens is 2. The molecule has 1 aromatic heterocycles. The summed E-state index contributed by atoms with van der Waals surface area (Å²) < 4.78 is 0. The van der Waals surface area contributed by atoms with E-state index >= 15 is 0 Å². The molecular formula is C23H24Cl2N2OS. The molecule has 0 aliphatic heterocycles. The lowest BCUT2D eigenvalue weighted by Gasteiger charge is -2.56. The normalized spacial score (nSPS) is 29.8. The van der Waals surface area contributed by atoms with E-state index in [1.54, 1.807) is 24.2 Å². The molecule has 4 saturated carbocycles. The molecule has 1 N–H and O–H groups in total. The molecule has 0 atom stereocenters. The molecule has 152 valence electrons. The van der Waals surface area contributed by atoms with Gasteiger partial charge in [-0.05, 0) is 80.0 Å². The summed E-state index contributed by atoms with van der Waals surface area (Å²) in [6.07, 6.45) is 11.0. The smallest absolute Gasteiger partial charge is 0.253 e. The van der Waals surface area contributed by atoms with Gasteiger partial charge in [0.25, 0.3) is 5.91 Å². The molecule has 0 radical (unpaired) electrons. The Hall–Kier alpha value is -1.23. The lowest BCUT2D eigenvalue weighted by Crippen LogP contribution is -2.59. The van der Waals surface area contributed by atoms with Crippen molar-refractivity contribution in [1.29, 1.82) is 0 Å². The summed E-state index contributed by atoms with van der Waals surface area (Å²) in [6, 6.07) is 7.46. The molecule has 4 bridgehead atoms. The third-order valence-electron chi connectivity index (χ3n) is 6.78. The number of benzene rings is 1. The summed E-state index contributed by atoms with van der Waals surface area (Å²) in [7, 11) is 0. The van der Waals surface area contributed by atoms with Crippen LogP contribution >= 0.6 is 35.0 Å². The molecule has 4 aliphatic carbocycles. The van der Waals surface area contributed by atoms with Crippen molar-refractivity contribution in [2.75, 3.05) is 0 Å². The summed E-state index contributed by atoms with van der Waals surface area (Å²) in [5.74, 6) is 3.10. The zero-order chi connectivity index (χ0) is 20.0. The molecule has 0 unspecified atom stereocenters. The zero-order valence-electron chi connectivity index (χ0n) is 16.2. The van der Waals surface area contributed by atoms with Crippen LogP contribution in [-0.4, -0.2) is 16.4 Å². The van der Waals surface area contributed by atoms with Crippen molar-refractivity contribution in [1.82, 2.24) is 10.3 Å². The van der Waals surface area contributed by atoms with Crippen LogP contribution < -0.4 is 5.32 Å². The van der Waals surface area contributed by atoms with E-state index in [-0.39, 0.29) is 11.4 Å². The molecule has 1 amide bonds. The standard InChI is InChI=1S/C23H24Cl2N2OS/c24-19-2-1-3-20(25)21(19)29-13-17-7-18(12-26-11-17)22(28)27-23-8-14-4-15(9-23)6-16(5-14)10-23/h1-3,7,11-12,14-16H,4-6,8-10,13H2,(H,27,28). The van der Waals surface area contributed by atoms with Gasteiger partial charge in [-0.15, -0.1) is 11.8 Å². The van der Waals surface area contributed by atoms with Gasteiger partial charge < -0.3 is 5.32 Å². The quantitative estimate of drug-likeness (QED) is 0.541. The largest absolute Gasteiger partial charge is 0.347 e. The van der Waals surface area contributed by atoms with Crippen molar-refractivity contribution in [2.24, 2.45) is 17.8 Å². The highest BCUT2D eigenvalue weighted by Gasteiger charge is 2.51. The van der Waals surface area contributed by atoms with Gasteiger partial charge >= 0.3 is 0 Å². The maximum Gasteiger partial charge on any atom is 0.253 e. The highest BCUT2D eigenvalue weighted by molar-refractivity contribution is 7.98. The summed E-state index contributed by atoms with van der Waals surface area (Å²) in [6.45, 7) is 0. The Morgan fingerprint density at radius 1 is 1.07 bits per heavy atom. The third-order valence-corrected chi connectivity index (χ3v) is 8.84. The Morgan fingerprint density at radius 3 is 2.31 bits per heavy atom. The van der Waals surface area contributed by atoms with Crippen LogP contribution in [0.1, 0.15) is 54.4 Å². The molecule has 4 aliphatic rings. The van der Waals surface area contributed by atoms with Crippen molar-refractivity contribution < 1.29 is 4.79 Å². The van der Waals surface area contributed by atoms with E-state index in [0.717, 1.165) is 47.5 Å². The minimum atomic E-state index is 0.0156. The fourth-order valence-corrected chi connectivity index (χ4v) is 7.65. The number of carbonyl (C=O) groups excluding carboxylic acids is 1. The fraction of sp³-hybridized carbons (Fsp3) is 0.478. The van der Waals surface area contributed by atoms with Gasteiger partial charge in [0.1, 0.15) is 0 Å². The van der Waals surface area contributed by atoms with Gasteiger partial charge in [0, 0.05) is 28.6 Å². The molecule has 29 heavy (non-hydrogen) atoms. The molecule has 0 spiro atoms. The van der Waals surface area contributed by atoms with Crippen LogP contribution in [-0.2, 0) is 5.75 Å². The van der Waals surface area contributed by atoms with E-state index in [0.29, 0.717) is 21.4 Å². The predicted octanol–water partition coefficient (Wildman–Crippen LogP) is 6.38. The second kappa shape index (κ2) is 7.79. The van der Waals surface area contributed by atoms with E-state index in [1.807, 2.05) is 24.3 Å². The number of rotatable bonds is 5. The van der Waals surface area contributed by atoms with E-state index in [2.05, 4.69) is 10.3 Å². The maximum absolute atomic E-state index is 13.1. The van der Waals surface area contributed by atoms with Crippen molar-refractivity contribution in [3.63, 3.8) is 0 Å². The van der Waals surface area contributed by atoms with E-state index in [9.17, 15) is 4.79 Å². The van der Waals surface area contributed by atoms with Crippen molar-refractivity contribution in [2.45, 2.75) is 54.7 Å². The average molecular weight is 447 g/mol. The van der Waals surface area contributed by atoms with E-state index in [1.165, 1.54) is 19.3 Å². The average Bonchev–Trinajstić information content (AvgIpc) is 2.66. The molecule has 6 rings (SSSR count). The Labute approximate surface area is 186 Å². The van der Waals surface area contributed by atoms with Gasteiger partial charge in [0.15, 0.2) is 0 Å². The van der Waals surface area contributed by atoms with Gasteiger partial charge in [-0.2, -0.15) is 0 Å². The topological polar surface area (TPSA) is 42.0 Å². The molecule has 1 heterocycles. The third kappa shape index (κ3) is 4.04. The first kappa shape index (κ1) is 19.7. The van der Waals surface area contributed by atoms with Crippen LogP contribution in [0.3, 0.4) is 0 Å². The zero-order valence-corrected chi connectivity index (χ0v) is 18.5. The fourth-order valence-electron chi connectivity index (χ4n) is 6.04. The highest BCUT2D eigenvalue weighted by atomic mass is 35.5. The number of nitrogens with one attached hydrogen (secondary N) is 1. The number of nitrogens with zero attached hydrogens (tertiary/aromatic N) is 1. The number of hydrogen-bond donors (Lipinski definition) is 1. The molecule has 0 saturated heterocycles. The van der Waals surface area contributed by atoms with Gasteiger partial charge in [0.2, 0.25) is 0 Å². The Morgan fingerprint density at radius 2 is 1.69 bits per heavy atom. The van der Waals surface area contributed by atoms with Gasteiger partial charge in [-0.25, -0.2) is 0 Å². The first-order valence-corrected chi connectivity index (χ1v) is 12.1. The molecule has 2 aromatic rings. The Kier molecular flexibility index (Phi) is 5.30. The predicted molar refractivity (Wildman–Crippen MR) is 119 cm³/mol. The molecule has 1 aromatic carbocycles. The monoisotopic (exact) mass is 446 g/mol. The molecular weight excluding hydrogens is 423 g/mol. The number of hydrogen-bond acceptors (Lipinski definition) is 3. The second-order valence-corrected chi connectivity index (χ2v) is 10.9. The maximum atomic E-state index is 13.1. The first-order chi connectivity index (χ1) is 14.0. The highest BCUT2D eigenvalue weighted by Crippen LogP contribution is 2.55. The van der Waals surface area contributed by atoms with Gasteiger partial charge in [0.05, 0.1) is 15.6 Å². The van der Waals surface area contributed by atoms with Crippen LogP contribution in [0.2, 0.25) is 10.0 Å². The van der Waals surface area contributed by atoms with Crippen LogP contribution in [0.25, 0.3) is 0 Å². The SMILES string of the molecule is O=C(NC12CC3CC(CC(C3)C1)C2)c1cncc(CSc2c(Cl)cccc2Cl)c1. The summed E-state index contributed by atoms with van der Waals surface area (Å²) >= 11 is 14.1. The summed E-state index contributed by atoms with van der Waals surface area (Å²) in [4.78, 5) is 18.2. The second-order valence-electron chi connectivity index (χ2n) is 9.07. The Balaban J connectivity index is 1.28. The first-order valence-electron chi connectivity index (χ1n) is 10.3. The summed E-state index contributed by atoms with van der Waals surface area (Å²) in [5, 5.41) is 4.72. The lowest BCUT2D eigenvalue weighted by molar-refractivity contribution is -0.0167. The minimum Gasteiger partial charge on any atom is -0.347 e. The van der Waals surface area contributed by atoms with Crippen LogP contribution in [0.15, 0.2) is 41.6 Å². The number of thioether (sulfide) groups is 1. The van der Waals surface area contributed by atoms with E-state index < -0.39 is 0 Å². The van der Waals surface area contributed by atoms with Crippen LogP contribution in [0.5, 0.6) is 0 Å². The number of aromatic nitrogens is 1. The Bertz CT molecular complexity index is 893. The van der Waals surface area contributed by atoms with Crippen LogP contribution in [0.4, 0.5) is 0 Å². The van der Waals surface area contributed by atoms with Gasteiger partial charge in [-0.1, -0.05) is 29.3 Å². The minimum absolute atomic E-state index is 0.0156. The van der Waals surface area contributed by atoms with Crippen molar-refractivity contribution >= 4 is 40.9 Å². The summed E-state index contributed by atoms with van der Waals surface area (Å²) in [5.41, 5.74) is 1.65. The van der Waals surface area contributed by atoms with Crippen molar-refractivity contribution in [3.8, 4) is 0 Å². The lowest BCUT2D eigenvalue weighted by atomic mass is 9.53. The molecule has 4 fully saturated rings. The molecule has 3 nitrogen and oxygen atoms in total. The molecule has 6 heteroatoms.